The summed E-state index contributed by atoms with van der Waals surface area (Å²) in [6.07, 6.45) is -3.21. The number of hydrogen-bond donors (Lipinski definition) is 2. The van der Waals surface area contributed by atoms with Crippen LogP contribution in [-0.4, -0.2) is 71.3 Å². The smallest absolute Gasteiger partial charge is 0.379 e. The van der Waals surface area contributed by atoms with E-state index in [4.69, 9.17) is 0 Å². The van der Waals surface area contributed by atoms with Gasteiger partial charge in [0.25, 0.3) is 0 Å². The molecule has 2 aliphatic rings. The molecule has 2 aliphatic heterocycles. The van der Waals surface area contributed by atoms with E-state index in [0.717, 1.165) is 30.8 Å². The fraction of sp³-hybridized carbons (Fsp3) is 0.846. The minimum Gasteiger partial charge on any atom is -0.379 e. The molecule has 0 saturated carbocycles. The van der Waals surface area contributed by atoms with Crippen molar-refractivity contribution in [3.8, 4) is 0 Å². The van der Waals surface area contributed by atoms with Gasteiger partial charge in [-0.2, -0.15) is 13.2 Å². The Morgan fingerprint density at radius 1 is 1.14 bits per heavy atom. The highest BCUT2D eigenvalue weighted by Crippen LogP contribution is 2.37. The molecule has 3 amide bonds. The maximum atomic E-state index is 12.7. The third-order valence-corrected chi connectivity index (χ3v) is 4.14. The number of urea groups is 1. The van der Waals surface area contributed by atoms with Crippen LogP contribution in [0.3, 0.4) is 0 Å². The van der Waals surface area contributed by atoms with Crippen LogP contribution in [0.4, 0.5) is 18.0 Å². The van der Waals surface area contributed by atoms with Gasteiger partial charge in [-0.15, -0.1) is 0 Å². The lowest BCUT2D eigenvalue weighted by atomic mass is 10.0. The van der Waals surface area contributed by atoms with Crippen molar-refractivity contribution in [3.63, 3.8) is 0 Å². The zero-order valence-electron chi connectivity index (χ0n) is 12.2. The van der Waals surface area contributed by atoms with E-state index in [2.05, 4.69) is 5.32 Å². The van der Waals surface area contributed by atoms with Crippen molar-refractivity contribution in [2.45, 2.75) is 37.5 Å². The molecule has 6 nitrogen and oxygen atoms in total. The fourth-order valence-electron chi connectivity index (χ4n) is 2.71. The first-order valence-electron chi connectivity index (χ1n) is 7.33. The summed E-state index contributed by atoms with van der Waals surface area (Å²) >= 11 is 0. The maximum absolute atomic E-state index is 12.7. The van der Waals surface area contributed by atoms with Gasteiger partial charge in [0.15, 0.2) is 5.60 Å². The van der Waals surface area contributed by atoms with Crippen LogP contribution in [0.15, 0.2) is 0 Å². The highest BCUT2D eigenvalue weighted by Gasteiger charge is 2.57. The number of hydrogen-bond acceptors (Lipinski definition) is 3. The normalized spacial score (nSPS) is 25.6. The van der Waals surface area contributed by atoms with Gasteiger partial charge in [-0.25, -0.2) is 4.79 Å². The van der Waals surface area contributed by atoms with Gasteiger partial charge in [0.1, 0.15) is 0 Å². The number of amides is 3. The first-order chi connectivity index (χ1) is 10.2. The Morgan fingerprint density at radius 2 is 1.77 bits per heavy atom. The van der Waals surface area contributed by atoms with E-state index in [0.29, 0.717) is 0 Å². The average Bonchev–Trinajstić information content (AvgIpc) is 3.07. The Kier molecular flexibility index (Phi) is 4.84. The summed E-state index contributed by atoms with van der Waals surface area (Å²) in [7, 11) is 0. The van der Waals surface area contributed by atoms with Crippen molar-refractivity contribution in [1.82, 2.24) is 15.1 Å². The zero-order chi connectivity index (χ0) is 16.4. The Morgan fingerprint density at radius 3 is 2.32 bits per heavy atom. The number of aliphatic hydroxyl groups is 1. The molecule has 126 valence electrons. The highest BCUT2D eigenvalue weighted by atomic mass is 19.4. The largest absolute Gasteiger partial charge is 0.419 e. The van der Waals surface area contributed by atoms with E-state index in [-0.39, 0.29) is 25.4 Å². The molecule has 1 unspecified atom stereocenters. The van der Waals surface area contributed by atoms with Crippen LogP contribution in [-0.2, 0) is 4.79 Å². The predicted octanol–water partition coefficient (Wildman–Crippen LogP) is 0.708. The van der Waals surface area contributed by atoms with E-state index in [1.54, 1.807) is 4.90 Å². The average molecular weight is 323 g/mol. The number of alkyl halides is 3. The summed E-state index contributed by atoms with van der Waals surface area (Å²) in [4.78, 5) is 26.2. The SMILES string of the molecule is O=C(CCNC(=O)N1CCC(O)(C(F)(F)F)C1)N1CCCC1. The minimum atomic E-state index is -4.76. The van der Waals surface area contributed by atoms with Gasteiger partial charge >= 0.3 is 12.2 Å². The van der Waals surface area contributed by atoms with Gasteiger partial charge in [0.2, 0.25) is 5.91 Å². The number of β-amino-alcohol motifs (C(OH)–C–C–N with tert-alkyl or cyclic N) is 1. The molecule has 2 saturated heterocycles. The van der Waals surface area contributed by atoms with Crippen molar-refractivity contribution < 1.29 is 27.9 Å². The first-order valence-corrected chi connectivity index (χ1v) is 7.33. The lowest BCUT2D eigenvalue weighted by Gasteiger charge is -2.26. The summed E-state index contributed by atoms with van der Waals surface area (Å²) in [5.41, 5.74) is -2.84. The first kappa shape index (κ1) is 16.9. The second-order valence-electron chi connectivity index (χ2n) is 5.77. The molecule has 0 bridgehead atoms. The standard InChI is InChI=1S/C13H20F3N3O3/c14-13(15,16)12(22)4-8-19(9-12)11(21)17-5-3-10(20)18-6-1-2-7-18/h22H,1-9H2,(H,17,21). The number of carbonyl (C=O) groups is 2. The van der Waals surface area contributed by atoms with Gasteiger partial charge in [0.05, 0.1) is 6.54 Å². The number of nitrogens with zero attached hydrogens (tertiary/aromatic N) is 2. The number of halogens is 3. The molecule has 22 heavy (non-hydrogen) atoms. The zero-order valence-corrected chi connectivity index (χ0v) is 12.2. The summed E-state index contributed by atoms with van der Waals surface area (Å²) in [6, 6.07) is -0.686. The van der Waals surface area contributed by atoms with Gasteiger partial charge in [-0.3, -0.25) is 4.79 Å². The van der Waals surface area contributed by atoms with Crippen molar-refractivity contribution in [1.29, 1.82) is 0 Å². The lowest BCUT2D eigenvalue weighted by Crippen LogP contribution is -2.49. The van der Waals surface area contributed by atoms with Crippen LogP contribution >= 0.6 is 0 Å². The summed E-state index contributed by atoms with van der Waals surface area (Å²) < 4.78 is 38.0. The number of rotatable bonds is 3. The topological polar surface area (TPSA) is 72.9 Å². The molecule has 0 spiro atoms. The molecule has 0 aromatic heterocycles. The Bertz CT molecular complexity index is 438. The molecular weight excluding hydrogens is 303 g/mol. The Balaban J connectivity index is 1.73. The van der Waals surface area contributed by atoms with Crippen LogP contribution < -0.4 is 5.32 Å². The van der Waals surface area contributed by atoms with Gasteiger partial charge in [0, 0.05) is 39.0 Å². The summed E-state index contributed by atoms with van der Waals surface area (Å²) in [5, 5.41) is 11.9. The monoisotopic (exact) mass is 323 g/mol. The molecule has 2 fully saturated rings. The highest BCUT2D eigenvalue weighted by molar-refractivity contribution is 5.78. The molecule has 2 N–H and O–H groups in total. The molecular formula is C13H20F3N3O3. The molecule has 1 atom stereocenters. The molecule has 0 aliphatic carbocycles. The molecule has 0 aromatic carbocycles. The van der Waals surface area contributed by atoms with Crippen molar-refractivity contribution in [2.75, 3.05) is 32.7 Å². The van der Waals surface area contributed by atoms with E-state index in [1.807, 2.05) is 0 Å². The van der Waals surface area contributed by atoms with E-state index in [1.165, 1.54) is 0 Å². The van der Waals surface area contributed by atoms with Gasteiger partial charge in [-0.1, -0.05) is 0 Å². The van der Waals surface area contributed by atoms with Crippen molar-refractivity contribution >= 4 is 11.9 Å². The second-order valence-corrected chi connectivity index (χ2v) is 5.77. The molecule has 2 rings (SSSR count). The van der Waals surface area contributed by atoms with Crippen LogP contribution in [0.2, 0.25) is 0 Å². The number of carbonyl (C=O) groups excluding carboxylic acids is 2. The Labute approximate surface area is 126 Å². The van der Waals surface area contributed by atoms with E-state index < -0.39 is 30.8 Å². The summed E-state index contributed by atoms with van der Waals surface area (Å²) in [6.45, 7) is 0.578. The van der Waals surface area contributed by atoms with E-state index in [9.17, 15) is 27.9 Å². The van der Waals surface area contributed by atoms with Crippen molar-refractivity contribution in [3.05, 3.63) is 0 Å². The molecule has 9 heteroatoms. The maximum Gasteiger partial charge on any atom is 0.419 e. The molecule has 0 radical (unpaired) electrons. The molecule has 2 heterocycles. The summed E-state index contributed by atoms with van der Waals surface area (Å²) in [5.74, 6) is -0.0639. The van der Waals surface area contributed by atoms with E-state index >= 15 is 0 Å². The number of likely N-dealkylation sites (tertiary alicyclic amines) is 2. The van der Waals surface area contributed by atoms with Crippen LogP contribution in [0, 0.1) is 0 Å². The number of nitrogens with one attached hydrogen (secondary N) is 1. The minimum absolute atomic E-state index is 0.0639. The predicted molar refractivity (Wildman–Crippen MR) is 71.0 cm³/mol. The lowest BCUT2D eigenvalue weighted by molar-refractivity contribution is -0.253. The van der Waals surface area contributed by atoms with Gasteiger partial charge < -0.3 is 20.2 Å². The van der Waals surface area contributed by atoms with Crippen molar-refractivity contribution in [2.24, 2.45) is 0 Å². The van der Waals surface area contributed by atoms with Crippen LogP contribution in [0.5, 0.6) is 0 Å². The Hall–Kier alpha value is -1.51. The van der Waals surface area contributed by atoms with Crippen LogP contribution in [0.25, 0.3) is 0 Å². The third kappa shape index (κ3) is 3.63. The second kappa shape index (κ2) is 6.31. The van der Waals surface area contributed by atoms with Crippen LogP contribution in [0.1, 0.15) is 25.7 Å². The third-order valence-electron chi connectivity index (χ3n) is 4.14. The molecule has 0 aromatic rings. The fourth-order valence-corrected chi connectivity index (χ4v) is 2.71. The quantitative estimate of drug-likeness (QED) is 0.803. The van der Waals surface area contributed by atoms with Gasteiger partial charge in [-0.05, 0) is 12.8 Å².